The molecule has 1 aliphatic rings. The first kappa shape index (κ1) is 20.9. The van der Waals surface area contributed by atoms with E-state index >= 15 is 0 Å². The van der Waals surface area contributed by atoms with Crippen molar-refractivity contribution in [3.05, 3.63) is 11.3 Å². The molecule has 0 spiro atoms. The Kier molecular flexibility index (Phi) is 7.56. The van der Waals surface area contributed by atoms with E-state index in [2.05, 4.69) is 44.6 Å². The van der Waals surface area contributed by atoms with Crippen LogP contribution in [0.25, 0.3) is 10.3 Å². The minimum atomic E-state index is 0.169. The van der Waals surface area contributed by atoms with Crippen molar-refractivity contribution in [3.8, 4) is 0 Å². The molecule has 0 radical (unpaired) electrons. The van der Waals surface area contributed by atoms with Crippen LogP contribution in [0.1, 0.15) is 50.0 Å². The van der Waals surface area contributed by atoms with Crippen molar-refractivity contribution in [3.63, 3.8) is 0 Å². The topological polar surface area (TPSA) is 83.0 Å². The van der Waals surface area contributed by atoms with Crippen molar-refractivity contribution in [2.24, 2.45) is 5.92 Å². The number of carbonyl (C=O) groups is 1. The van der Waals surface area contributed by atoms with Crippen molar-refractivity contribution in [2.45, 2.75) is 57.9 Å². The van der Waals surface area contributed by atoms with E-state index in [0.29, 0.717) is 18.4 Å². The lowest BCUT2D eigenvalue weighted by molar-refractivity contribution is -0.121. The van der Waals surface area contributed by atoms with E-state index in [4.69, 9.17) is 0 Å². The van der Waals surface area contributed by atoms with Crippen LogP contribution in [0.2, 0.25) is 0 Å². The van der Waals surface area contributed by atoms with Crippen LogP contribution in [-0.2, 0) is 4.79 Å². The van der Waals surface area contributed by atoms with E-state index in [9.17, 15) is 4.79 Å². The van der Waals surface area contributed by atoms with Crippen LogP contribution in [0.4, 0.5) is 5.82 Å². The van der Waals surface area contributed by atoms with Crippen LogP contribution >= 0.6 is 11.3 Å². The molecule has 1 fully saturated rings. The van der Waals surface area contributed by atoms with Gasteiger partial charge in [-0.05, 0) is 59.2 Å². The summed E-state index contributed by atoms with van der Waals surface area (Å²) in [7, 11) is 4.13. The highest BCUT2D eigenvalue weighted by Gasteiger charge is 2.26. The van der Waals surface area contributed by atoms with Crippen molar-refractivity contribution in [2.75, 3.05) is 32.5 Å². The van der Waals surface area contributed by atoms with E-state index < -0.39 is 0 Å². The number of fused-ring (bicyclic) bond motifs is 1. The molecule has 2 heterocycles. The van der Waals surface area contributed by atoms with Crippen LogP contribution in [-0.4, -0.2) is 59.0 Å². The van der Waals surface area contributed by atoms with Gasteiger partial charge in [-0.1, -0.05) is 24.2 Å². The summed E-state index contributed by atoms with van der Waals surface area (Å²) in [6.07, 6.45) is 8.87. The van der Waals surface area contributed by atoms with E-state index in [-0.39, 0.29) is 5.91 Å². The molecule has 2 atom stereocenters. The third-order valence-corrected chi connectivity index (χ3v) is 6.23. The summed E-state index contributed by atoms with van der Waals surface area (Å²) in [5.74, 6) is 1.41. The zero-order valence-corrected chi connectivity index (χ0v) is 18.0. The van der Waals surface area contributed by atoms with Crippen molar-refractivity contribution < 1.29 is 4.79 Å². The maximum Gasteiger partial charge on any atom is 0.220 e. The maximum atomic E-state index is 12.2. The number of anilines is 1. The Balaban J connectivity index is 1.53. The predicted octanol–water partition coefficient (Wildman–Crippen LogP) is 3.21. The molecule has 1 aliphatic carbocycles. The molecular weight excluding hydrogens is 372 g/mol. The summed E-state index contributed by atoms with van der Waals surface area (Å²) in [6, 6.07) is 0.308. The van der Waals surface area contributed by atoms with Crippen LogP contribution in [0.3, 0.4) is 0 Å². The molecule has 2 aromatic heterocycles. The Hall–Kier alpha value is -1.80. The summed E-state index contributed by atoms with van der Waals surface area (Å²) in [5.41, 5.74) is 0.860. The molecule has 0 aliphatic heterocycles. The predicted molar refractivity (Wildman–Crippen MR) is 115 cm³/mol. The molecule has 154 valence electrons. The van der Waals surface area contributed by atoms with Gasteiger partial charge >= 0.3 is 0 Å². The second kappa shape index (κ2) is 10.1. The molecule has 2 unspecified atom stereocenters. The van der Waals surface area contributed by atoms with Gasteiger partial charge in [0, 0.05) is 19.0 Å². The maximum absolute atomic E-state index is 12.2. The number of amides is 1. The first-order valence-corrected chi connectivity index (χ1v) is 11.1. The monoisotopic (exact) mass is 404 g/mol. The fraction of sp³-hybridized carbons (Fsp3) is 0.700. The number of aromatic nitrogens is 3. The molecule has 0 saturated heterocycles. The summed E-state index contributed by atoms with van der Waals surface area (Å²) >= 11 is 1.59. The number of nitrogens with zero attached hydrogens (tertiary/aromatic N) is 4. The average molecular weight is 405 g/mol. The highest BCUT2D eigenvalue weighted by atomic mass is 32.1. The molecule has 0 bridgehead atoms. The third-order valence-electron chi connectivity index (χ3n) is 5.35. The highest BCUT2D eigenvalue weighted by molar-refractivity contribution is 7.18. The number of carbonyl (C=O) groups excluding carboxylic acids is 1. The van der Waals surface area contributed by atoms with Gasteiger partial charge in [-0.3, -0.25) is 4.79 Å². The van der Waals surface area contributed by atoms with Crippen molar-refractivity contribution in [1.29, 1.82) is 0 Å². The van der Waals surface area contributed by atoms with Gasteiger partial charge in [0.1, 0.15) is 16.7 Å². The number of unbranched alkanes of at least 4 members (excludes halogenated alkanes) is 1. The zero-order valence-electron chi connectivity index (χ0n) is 17.2. The van der Waals surface area contributed by atoms with Gasteiger partial charge in [-0.25, -0.2) is 15.0 Å². The second-order valence-electron chi connectivity index (χ2n) is 7.97. The number of hydrogen-bond acceptors (Lipinski definition) is 7. The lowest BCUT2D eigenvalue weighted by atomic mass is 9.84. The SMILES string of the molecule is Cc1nc2c(NC3CCCCC3CNC(=O)CCCCN(C)C)ncnc2s1. The fourth-order valence-electron chi connectivity index (χ4n) is 3.83. The number of rotatable bonds is 9. The Morgan fingerprint density at radius 3 is 2.89 bits per heavy atom. The Morgan fingerprint density at radius 2 is 2.07 bits per heavy atom. The number of nitrogens with one attached hydrogen (secondary N) is 2. The standard InChI is InChI=1S/C20H32N6OS/c1-14-24-18-19(22-13-23-20(18)28-14)25-16-9-5-4-8-15(16)12-21-17(27)10-6-7-11-26(2)3/h13,15-16H,4-12H2,1-3H3,(H,21,27)(H,22,23,25). The minimum Gasteiger partial charge on any atom is -0.365 e. The van der Waals surface area contributed by atoms with Crippen LogP contribution < -0.4 is 10.6 Å². The smallest absolute Gasteiger partial charge is 0.220 e. The first-order valence-electron chi connectivity index (χ1n) is 10.3. The molecule has 1 saturated carbocycles. The lowest BCUT2D eigenvalue weighted by Crippen LogP contribution is -2.40. The van der Waals surface area contributed by atoms with Gasteiger partial charge in [0.05, 0.1) is 5.01 Å². The van der Waals surface area contributed by atoms with E-state index in [1.54, 1.807) is 17.7 Å². The van der Waals surface area contributed by atoms with Gasteiger partial charge in [0.15, 0.2) is 5.82 Å². The number of hydrogen-bond donors (Lipinski definition) is 2. The van der Waals surface area contributed by atoms with Crippen LogP contribution in [0.5, 0.6) is 0 Å². The first-order chi connectivity index (χ1) is 13.5. The molecule has 2 aromatic rings. The van der Waals surface area contributed by atoms with Crippen molar-refractivity contribution >= 4 is 33.4 Å². The Morgan fingerprint density at radius 1 is 1.25 bits per heavy atom. The van der Waals surface area contributed by atoms with Crippen LogP contribution in [0.15, 0.2) is 6.33 Å². The molecule has 28 heavy (non-hydrogen) atoms. The molecule has 3 rings (SSSR count). The molecule has 8 heteroatoms. The molecule has 1 amide bonds. The number of thiazole rings is 1. The second-order valence-corrected chi connectivity index (χ2v) is 9.15. The van der Waals surface area contributed by atoms with E-state index in [0.717, 1.165) is 59.9 Å². The lowest BCUT2D eigenvalue weighted by Gasteiger charge is -2.32. The minimum absolute atomic E-state index is 0.169. The van der Waals surface area contributed by atoms with E-state index in [1.165, 1.54) is 12.8 Å². The fourth-order valence-corrected chi connectivity index (χ4v) is 4.58. The molecular formula is C20H32N6OS. The summed E-state index contributed by atoms with van der Waals surface area (Å²) in [4.78, 5) is 28.6. The summed E-state index contributed by atoms with van der Waals surface area (Å²) < 4.78 is 0. The van der Waals surface area contributed by atoms with E-state index in [1.807, 2.05) is 6.92 Å². The summed E-state index contributed by atoms with van der Waals surface area (Å²) in [6.45, 7) is 3.76. The quantitative estimate of drug-likeness (QED) is 0.625. The zero-order chi connectivity index (χ0) is 19.9. The van der Waals surface area contributed by atoms with Gasteiger partial charge < -0.3 is 15.5 Å². The highest BCUT2D eigenvalue weighted by Crippen LogP contribution is 2.30. The van der Waals surface area contributed by atoms with Crippen LogP contribution in [0, 0.1) is 12.8 Å². The van der Waals surface area contributed by atoms with Gasteiger partial charge in [0.2, 0.25) is 5.91 Å². The average Bonchev–Trinajstić information content (AvgIpc) is 3.06. The molecule has 7 nitrogen and oxygen atoms in total. The van der Waals surface area contributed by atoms with Gasteiger partial charge in [-0.15, -0.1) is 0 Å². The van der Waals surface area contributed by atoms with Gasteiger partial charge in [-0.2, -0.15) is 0 Å². The third kappa shape index (κ3) is 5.85. The summed E-state index contributed by atoms with van der Waals surface area (Å²) in [5, 5.41) is 7.77. The normalized spacial score (nSPS) is 19.9. The Bertz CT molecular complexity index is 777. The Labute approximate surface area is 171 Å². The number of aryl methyl sites for hydroxylation is 1. The molecule has 0 aromatic carbocycles. The largest absolute Gasteiger partial charge is 0.365 e. The van der Waals surface area contributed by atoms with Gasteiger partial charge in [0.25, 0.3) is 0 Å². The van der Waals surface area contributed by atoms with Crippen molar-refractivity contribution in [1.82, 2.24) is 25.2 Å². The molecule has 2 N–H and O–H groups in total.